The molecule has 2 atom stereocenters. The SMILES string of the molecule is CCOC(=O)C1=C(C)N=C2SC=C(CC(=O)N[C@H](C)CC)N2[C@H]1c1ccc(C)cc1C. The van der Waals surface area contributed by atoms with Gasteiger partial charge in [0, 0.05) is 11.7 Å². The summed E-state index contributed by atoms with van der Waals surface area (Å²) in [5, 5.41) is 5.77. The van der Waals surface area contributed by atoms with Crippen molar-refractivity contribution >= 4 is 28.8 Å². The fourth-order valence-electron chi connectivity index (χ4n) is 3.86. The number of nitrogens with one attached hydrogen (secondary N) is 1. The van der Waals surface area contributed by atoms with E-state index >= 15 is 0 Å². The summed E-state index contributed by atoms with van der Waals surface area (Å²) < 4.78 is 5.40. The zero-order chi connectivity index (χ0) is 22.7. The van der Waals surface area contributed by atoms with Crippen LogP contribution in [0.2, 0.25) is 0 Å². The fourth-order valence-corrected chi connectivity index (χ4v) is 4.82. The lowest BCUT2D eigenvalue weighted by atomic mass is 9.90. The van der Waals surface area contributed by atoms with E-state index in [1.807, 2.05) is 51.0 Å². The zero-order valence-electron chi connectivity index (χ0n) is 19.1. The summed E-state index contributed by atoms with van der Waals surface area (Å²) in [6, 6.07) is 5.95. The van der Waals surface area contributed by atoms with Gasteiger partial charge < -0.3 is 15.0 Å². The molecule has 0 radical (unpaired) electrons. The first-order valence-electron chi connectivity index (χ1n) is 10.7. The molecule has 2 aliphatic rings. The van der Waals surface area contributed by atoms with Crippen LogP contribution in [0.25, 0.3) is 0 Å². The normalized spacial score (nSPS) is 18.9. The standard InChI is InChI=1S/C24H31N3O3S/c1-7-16(5)25-20(28)12-18-13-31-24-26-17(6)21(23(29)30-8-2)22(27(18)24)19-10-9-14(3)11-15(19)4/h9-11,13,16,22H,7-8,12H2,1-6H3,(H,25,28)/t16-,22+/m1/s1. The molecule has 166 valence electrons. The van der Waals surface area contributed by atoms with Gasteiger partial charge in [-0.25, -0.2) is 9.79 Å². The van der Waals surface area contributed by atoms with E-state index in [1.54, 1.807) is 6.92 Å². The van der Waals surface area contributed by atoms with Crippen LogP contribution in [0.4, 0.5) is 0 Å². The number of thioether (sulfide) groups is 1. The molecule has 0 fully saturated rings. The quantitative estimate of drug-likeness (QED) is 0.619. The summed E-state index contributed by atoms with van der Waals surface area (Å²) in [4.78, 5) is 32.4. The van der Waals surface area contributed by atoms with Crippen LogP contribution in [0.1, 0.15) is 63.3 Å². The maximum Gasteiger partial charge on any atom is 0.338 e. The first-order valence-corrected chi connectivity index (χ1v) is 11.6. The number of rotatable bonds is 7. The third kappa shape index (κ3) is 4.87. The molecule has 2 heterocycles. The van der Waals surface area contributed by atoms with Crippen LogP contribution in [0.15, 0.2) is 45.6 Å². The van der Waals surface area contributed by atoms with Crippen molar-refractivity contribution in [3.05, 3.63) is 57.3 Å². The van der Waals surface area contributed by atoms with Crippen LogP contribution in [-0.4, -0.2) is 34.6 Å². The predicted octanol–water partition coefficient (Wildman–Crippen LogP) is 4.75. The number of aryl methyl sites for hydroxylation is 2. The maximum absolute atomic E-state index is 13.0. The van der Waals surface area contributed by atoms with Gasteiger partial charge in [-0.15, -0.1) is 0 Å². The van der Waals surface area contributed by atoms with Gasteiger partial charge in [0.15, 0.2) is 5.17 Å². The molecule has 0 saturated carbocycles. The third-order valence-electron chi connectivity index (χ3n) is 5.58. The summed E-state index contributed by atoms with van der Waals surface area (Å²) in [6.07, 6.45) is 1.10. The summed E-state index contributed by atoms with van der Waals surface area (Å²) in [5.74, 6) is -0.404. The van der Waals surface area contributed by atoms with Gasteiger partial charge in [-0.1, -0.05) is 42.4 Å². The van der Waals surface area contributed by atoms with E-state index in [9.17, 15) is 9.59 Å². The maximum atomic E-state index is 13.0. The van der Waals surface area contributed by atoms with Crippen molar-refractivity contribution in [3.63, 3.8) is 0 Å². The molecule has 1 aromatic rings. The molecule has 0 aliphatic carbocycles. The highest BCUT2D eigenvalue weighted by Gasteiger charge is 2.41. The van der Waals surface area contributed by atoms with Crippen molar-refractivity contribution in [1.29, 1.82) is 0 Å². The first-order chi connectivity index (χ1) is 14.8. The number of aliphatic imine (C=N–C) groups is 1. The predicted molar refractivity (Wildman–Crippen MR) is 125 cm³/mol. The molecule has 7 heteroatoms. The number of hydrogen-bond donors (Lipinski definition) is 1. The van der Waals surface area contributed by atoms with Gasteiger partial charge in [0.05, 0.1) is 30.3 Å². The Bertz CT molecular complexity index is 980. The topological polar surface area (TPSA) is 71.0 Å². The van der Waals surface area contributed by atoms with Crippen molar-refractivity contribution in [2.75, 3.05) is 6.61 Å². The second-order valence-electron chi connectivity index (χ2n) is 8.03. The second-order valence-corrected chi connectivity index (χ2v) is 8.86. The fraction of sp³-hybridized carbons (Fsp3) is 0.458. The number of amides is 1. The molecular weight excluding hydrogens is 410 g/mol. The number of esters is 1. The Morgan fingerprint density at radius 2 is 2.00 bits per heavy atom. The van der Waals surface area contributed by atoms with Gasteiger partial charge in [-0.3, -0.25) is 4.79 Å². The van der Waals surface area contributed by atoms with Crippen molar-refractivity contribution in [1.82, 2.24) is 10.2 Å². The van der Waals surface area contributed by atoms with Crippen LogP contribution in [0.3, 0.4) is 0 Å². The van der Waals surface area contributed by atoms with E-state index in [1.165, 1.54) is 11.8 Å². The van der Waals surface area contributed by atoms with Crippen LogP contribution in [0, 0.1) is 13.8 Å². The average molecular weight is 442 g/mol. The number of hydrogen-bond acceptors (Lipinski definition) is 6. The summed E-state index contributed by atoms with van der Waals surface area (Å²) in [7, 11) is 0. The Hall–Kier alpha value is -2.54. The van der Waals surface area contributed by atoms with Crippen LogP contribution in [-0.2, 0) is 14.3 Å². The Kier molecular flexibility index (Phi) is 7.26. The second kappa shape index (κ2) is 9.73. The van der Waals surface area contributed by atoms with Crippen molar-refractivity contribution < 1.29 is 14.3 Å². The van der Waals surface area contributed by atoms with E-state index in [2.05, 4.69) is 22.4 Å². The highest BCUT2D eigenvalue weighted by Crippen LogP contribution is 2.45. The average Bonchev–Trinajstić information content (AvgIpc) is 3.09. The summed E-state index contributed by atoms with van der Waals surface area (Å²) in [5.41, 5.74) is 5.26. The van der Waals surface area contributed by atoms with E-state index < -0.39 is 0 Å². The number of benzene rings is 1. The molecule has 0 aromatic heterocycles. The zero-order valence-corrected chi connectivity index (χ0v) is 19.9. The van der Waals surface area contributed by atoms with Gasteiger partial charge in [0.2, 0.25) is 5.91 Å². The van der Waals surface area contributed by atoms with Crippen molar-refractivity contribution in [2.24, 2.45) is 4.99 Å². The van der Waals surface area contributed by atoms with E-state index in [0.717, 1.165) is 34.0 Å². The monoisotopic (exact) mass is 441 g/mol. The van der Waals surface area contributed by atoms with Crippen LogP contribution < -0.4 is 5.32 Å². The minimum absolute atomic E-state index is 0.0363. The minimum atomic E-state index is -0.384. The van der Waals surface area contributed by atoms with E-state index in [0.29, 0.717) is 17.9 Å². The summed E-state index contributed by atoms with van der Waals surface area (Å²) >= 11 is 1.49. The smallest absolute Gasteiger partial charge is 0.338 e. The van der Waals surface area contributed by atoms with E-state index in [4.69, 9.17) is 4.74 Å². The lowest BCUT2D eigenvalue weighted by Gasteiger charge is -2.37. The van der Waals surface area contributed by atoms with Gasteiger partial charge in [-0.2, -0.15) is 0 Å². The summed E-state index contributed by atoms with van der Waals surface area (Å²) in [6.45, 7) is 12.1. The Morgan fingerprint density at radius 1 is 1.26 bits per heavy atom. The molecule has 3 rings (SSSR count). The van der Waals surface area contributed by atoms with E-state index in [-0.39, 0.29) is 30.4 Å². The van der Waals surface area contributed by atoms with Crippen molar-refractivity contribution in [3.8, 4) is 0 Å². The number of ether oxygens (including phenoxy) is 1. The molecule has 0 spiro atoms. The molecule has 0 unspecified atom stereocenters. The molecule has 2 aliphatic heterocycles. The lowest BCUT2D eigenvalue weighted by molar-refractivity contribution is -0.139. The molecule has 6 nitrogen and oxygen atoms in total. The molecular formula is C24H31N3O3S. The number of carbonyl (C=O) groups excluding carboxylic acids is 2. The minimum Gasteiger partial charge on any atom is -0.463 e. The molecule has 0 saturated heterocycles. The van der Waals surface area contributed by atoms with Crippen LogP contribution in [0.5, 0.6) is 0 Å². The molecule has 31 heavy (non-hydrogen) atoms. The Balaban J connectivity index is 2.04. The van der Waals surface area contributed by atoms with Crippen LogP contribution >= 0.6 is 11.8 Å². The van der Waals surface area contributed by atoms with Crippen molar-refractivity contribution in [2.45, 2.75) is 66.5 Å². The van der Waals surface area contributed by atoms with Gasteiger partial charge in [0.25, 0.3) is 0 Å². The molecule has 1 amide bonds. The van der Waals surface area contributed by atoms with Gasteiger partial charge in [-0.05, 0) is 57.6 Å². The number of fused-ring (bicyclic) bond motifs is 1. The highest BCUT2D eigenvalue weighted by atomic mass is 32.2. The Morgan fingerprint density at radius 3 is 2.65 bits per heavy atom. The lowest BCUT2D eigenvalue weighted by Crippen LogP contribution is -2.39. The molecule has 1 N–H and O–H groups in total. The van der Waals surface area contributed by atoms with Gasteiger partial charge >= 0.3 is 5.97 Å². The molecule has 1 aromatic carbocycles. The highest BCUT2D eigenvalue weighted by molar-refractivity contribution is 8.16. The Labute approximate surface area is 188 Å². The number of nitrogens with zero attached hydrogens (tertiary/aromatic N) is 2. The number of amidine groups is 1. The largest absolute Gasteiger partial charge is 0.463 e. The first kappa shape index (κ1) is 23.1. The number of carbonyl (C=O) groups is 2. The third-order valence-corrected chi connectivity index (χ3v) is 6.47. The van der Waals surface area contributed by atoms with Gasteiger partial charge in [0.1, 0.15) is 0 Å². The molecule has 0 bridgehead atoms. The number of allylic oxidation sites excluding steroid dienone is 1.